The Balaban J connectivity index is 1.68. The summed E-state index contributed by atoms with van der Waals surface area (Å²) >= 11 is 0. The van der Waals surface area contributed by atoms with Crippen molar-refractivity contribution in [3.05, 3.63) is 71.1 Å². The molecule has 6 nitrogen and oxygen atoms in total. The van der Waals surface area contributed by atoms with Crippen molar-refractivity contribution in [3.63, 3.8) is 0 Å². The fourth-order valence-electron chi connectivity index (χ4n) is 3.27. The number of para-hydroxylation sites is 2. The Labute approximate surface area is 159 Å². The number of hydrogen-bond donors (Lipinski definition) is 1. The number of amides is 3. The zero-order valence-corrected chi connectivity index (χ0v) is 15.2. The molecule has 142 valence electrons. The molecular weight excluding hydrogens is 366 g/mol. The topological polar surface area (TPSA) is 75.2 Å². The number of fused-ring (bicyclic) bond motifs is 1. The number of halogens is 2. The van der Waals surface area contributed by atoms with E-state index in [-0.39, 0.29) is 12.1 Å². The van der Waals surface area contributed by atoms with Crippen molar-refractivity contribution in [3.8, 4) is 0 Å². The molecule has 2 aromatic carbocycles. The first-order chi connectivity index (χ1) is 13.3. The fraction of sp³-hybridized carbons (Fsp3) is 0.200. The molecule has 1 aliphatic heterocycles. The van der Waals surface area contributed by atoms with Crippen LogP contribution in [-0.4, -0.2) is 26.8 Å². The Morgan fingerprint density at radius 3 is 2.39 bits per heavy atom. The normalized spacial score (nSPS) is 19.4. The predicted molar refractivity (Wildman–Crippen MR) is 97.1 cm³/mol. The highest BCUT2D eigenvalue weighted by atomic mass is 19.2. The molecule has 0 bridgehead atoms. The quantitative estimate of drug-likeness (QED) is 0.706. The molecule has 4 rings (SSSR count). The van der Waals surface area contributed by atoms with Crippen LogP contribution in [0, 0.1) is 18.6 Å². The van der Waals surface area contributed by atoms with Gasteiger partial charge in [-0.2, -0.15) is 0 Å². The Morgan fingerprint density at radius 2 is 1.71 bits per heavy atom. The summed E-state index contributed by atoms with van der Waals surface area (Å²) in [6.45, 7) is 3.13. The van der Waals surface area contributed by atoms with E-state index in [9.17, 15) is 18.4 Å². The van der Waals surface area contributed by atoms with Crippen molar-refractivity contribution >= 4 is 23.0 Å². The van der Waals surface area contributed by atoms with Gasteiger partial charge in [-0.3, -0.25) is 9.69 Å². The van der Waals surface area contributed by atoms with Gasteiger partial charge < -0.3 is 5.32 Å². The molecule has 1 N–H and O–H groups in total. The van der Waals surface area contributed by atoms with Crippen LogP contribution in [0.3, 0.4) is 0 Å². The van der Waals surface area contributed by atoms with E-state index in [0.717, 1.165) is 17.0 Å². The molecular formula is C20H16F2N4O2. The summed E-state index contributed by atoms with van der Waals surface area (Å²) in [7, 11) is 0. The lowest BCUT2D eigenvalue weighted by molar-refractivity contribution is -0.131. The second kappa shape index (κ2) is 6.33. The fourth-order valence-corrected chi connectivity index (χ4v) is 3.27. The van der Waals surface area contributed by atoms with Crippen molar-refractivity contribution in [2.24, 2.45) is 0 Å². The van der Waals surface area contributed by atoms with Gasteiger partial charge in [0.1, 0.15) is 5.54 Å². The molecule has 1 fully saturated rings. The first-order valence-corrected chi connectivity index (χ1v) is 8.61. The highest BCUT2D eigenvalue weighted by molar-refractivity contribution is 6.07. The highest BCUT2D eigenvalue weighted by Crippen LogP contribution is 2.31. The minimum absolute atomic E-state index is 0.0758. The summed E-state index contributed by atoms with van der Waals surface area (Å²) in [5.41, 5.74) is 1.11. The minimum Gasteiger partial charge on any atom is -0.319 e. The highest BCUT2D eigenvalue weighted by Gasteiger charge is 2.49. The van der Waals surface area contributed by atoms with Crippen LogP contribution in [0.5, 0.6) is 0 Å². The Bertz CT molecular complexity index is 1130. The molecule has 2 heterocycles. The number of carbonyl (C=O) groups is 2. The van der Waals surface area contributed by atoms with Crippen molar-refractivity contribution < 1.29 is 18.4 Å². The van der Waals surface area contributed by atoms with Gasteiger partial charge in [0.25, 0.3) is 5.91 Å². The molecule has 1 saturated heterocycles. The zero-order valence-electron chi connectivity index (χ0n) is 15.2. The van der Waals surface area contributed by atoms with Crippen LogP contribution < -0.4 is 5.32 Å². The van der Waals surface area contributed by atoms with Crippen LogP contribution in [0.15, 0.2) is 42.5 Å². The average Bonchev–Trinajstić information content (AvgIpc) is 2.88. The van der Waals surface area contributed by atoms with Crippen LogP contribution in [0.2, 0.25) is 0 Å². The molecule has 28 heavy (non-hydrogen) atoms. The van der Waals surface area contributed by atoms with E-state index in [2.05, 4.69) is 15.3 Å². The van der Waals surface area contributed by atoms with Crippen LogP contribution >= 0.6 is 0 Å². The van der Waals surface area contributed by atoms with Crippen molar-refractivity contribution in [1.82, 2.24) is 20.2 Å². The monoisotopic (exact) mass is 382 g/mol. The molecule has 1 aliphatic rings. The first kappa shape index (κ1) is 18.0. The minimum atomic E-state index is -1.50. The summed E-state index contributed by atoms with van der Waals surface area (Å²) < 4.78 is 26.9. The lowest BCUT2D eigenvalue weighted by Gasteiger charge is -2.22. The van der Waals surface area contributed by atoms with Gasteiger partial charge in [0.05, 0.1) is 29.0 Å². The van der Waals surface area contributed by atoms with E-state index in [1.165, 1.54) is 13.0 Å². The van der Waals surface area contributed by atoms with E-state index in [1.807, 2.05) is 18.2 Å². The van der Waals surface area contributed by atoms with Gasteiger partial charge in [0.2, 0.25) is 0 Å². The third kappa shape index (κ3) is 2.77. The molecule has 0 radical (unpaired) electrons. The summed E-state index contributed by atoms with van der Waals surface area (Å²) in [4.78, 5) is 35.4. The maximum absolute atomic E-state index is 13.6. The number of urea groups is 1. The number of hydrogen-bond acceptors (Lipinski definition) is 4. The van der Waals surface area contributed by atoms with E-state index >= 15 is 0 Å². The average molecular weight is 382 g/mol. The Hall–Kier alpha value is -3.42. The van der Waals surface area contributed by atoms with Crippen LogP contribution in [0.4, 0.5) is 13.6 Å². The number of nitrogens with zero attached hydrogens (tertiary/aromatic N) is 3. The van der Waals surface area contributed by atoms with E-state index < -0.39 is 29.1 Å². The molecule has 8 heteroatoms. The molecule has 1 unspecified atom stereocenters. The smallest absolute Gasteiger partial charge is 0.319 e. The van der Waals surface area contributed by atoms with Crippen LogP contribution in [0.25, 0.3) is 11.0 Å². The van der Waals surface area contributed by atoms with Crippen LogP contribution in [-0.2, 0) is 16.9 Å². The number of nitrogens with one attached hydrogen (secondary N) is 1. The molecule has 0 spiro atoms. The van der Waals surface area contributed by atoms with Crippen molar-refractivity contribution in [2.45, 2.75) is 25.9 Å². The van der Waals surface area contributed by atoms with Crippen molar-refractivity contribution in [2.75, 3.05) is 0 Å². The largest absolute Gasteiger partial charge is 0.325 e. The van der Waals surface area contributed by atoms with Gasteiger partial charge in [-0.25, -0.2) is 23.5 Å². The van der Waals surface area contributed by atoms with Gasteiger partial charge >= 0.3 is 6.03 Å². The van der Waals surface area contributed by atoms with E-state index in [4.69, 9.17) is 0 Å². The number of carbonyl (C=O) groups excluding carboxylic acids is 2. The molecule has 1 aromatic heterocycles. The molecule has 0 aliphatic carbocycles. The third-order valence-corrected chi connectivity index (χ3v) is 4.92. The van der Waals surface area contributed by atoms with Gasteiger partial charge in [0, 0.05) is 0 Å². The lowest BCUT2D eigenvalue weighted by Crippen LogP contribution is -2.41. The van der Waals surface area contributed by atoms with E-state index in [1.54, 1.807) is 13.0 Å². The molecule has 1 atom stereocenters. The molecule has 3 amide bonds. The Kier molecular flexibility index (Phi) is 4.06. The third-order valence-electron chi connectivity index (χ3n) is 4.92. The molecule has 0 saturated carbocycles. The molecule has 3 aromatic rings. The van der Waals surface area contributed by atoms with Gasteiger partial charge in [-0.15, -0.1) is 0 Å². The van der Waals surface area contributed by atoms with Gasteiger partial charge in [-0.05, 0) is 43.7 Å². The number of rotatable bonds is 3. The summed E-state index contributed by atoms with van der Waals surface area (Å²) in [6, 6.07) is 9.78. The number of imide groups is 1. The second-order valence-corrected chi connectivity index (χ2v) is 6.82. The zero-order chi connectivity index (χ0) is 20.1. The summed E-state index contributed by atoms with van der Waals surface area (Å²) in [5, 5.41) is 2.57. The lowest BCUT2D eigenvalue weighted by atomic mass is 9.92. The standard InChI is InChI=1S/C20H16F2N4O2/c1-11-17(24-16-6-4-3-5-15(16)23-11)10-26-18(27)20(2,25-19(26)28)12-7-8-13(21)14(22)9-12/h3-9H,10H2,1-2H3,(H,25,28). The second-order valence-electron chi connectivity index (χ2n) is 6.82. The number of aryl methyl sites for hydroxylation is 1. The van der Waals surface area contributed by atoms with Gasteiger partial charge in [-0.1, -0.05) is 18.2 Å². The summed E-state index contributed by atoms with van der Waals surface area (Å²) in [5.74, 6) is -2.68. The van der Waals surface area contributed by atoms with Crippen LogP contribution in [0.1, 0.15) is 23.9 Å². The first-order valence-electron chi connectivity index (χ1n) is 8.61. The summed E-state index contributed by atoms with van der Waals surface area (Å²) in [6.07, 6.45) is 0. The maximum atomic E-state index is 13.6. The van der Waals surface area contributed by atoms with E-state index in [0.29, 0.717) is 22.4 Å². The SMILES string of the molecule is Cc1nc2ccccc2nc1CN1C(=O)NC(C)(c2ccc(F)c(F)c2)C1=O. The van der Waals surface area contributed by atoms with Gasteiger partial charge in [0.15, 0.2) is 11.6 Å². The maximum Gasteiger partial charge on any atom is 0.325 e. The number of benzene rings is 2. The Morgan fingerprint density at radius 1 is 1.04 bits per heavy atom. The number of aromatic nitrogens is 2. The van der Waals surface area contributed by atoms with Crippen molar-refractivity contribution in [1.29, 1.82) is 0 Å². The predicted octanol–water partition coefficient (Wildman–Crippen LogP) is 3.18.